The average molecular weight is 271 g/mol. The van der Waals surface area contributed by atoms with E-state index in [1.165, 1.54) is 12.8 Å². The summed E-state index contributed by atoms with van der Waals surface area (Å²) in [5.74, 6) is 0. The van der Waals surface area contributed by atoms with Crippen molar-refractivity contribution in [2.24, 2.45) is 0 Å². The summed E-state index contributed by atoms with van der Waals surface area (Å²) < 4.78 is 0. The summed E-state index contributed by atoms with van der Waals surface area (Å²) in [7, 11) is 0. The highest BCUT2D eigenvalue weighted by Gasteiger charge is 2.15. The fourth-order valence-corrected chi connectivity index (χ4v) is 3.36. The summed E-state index contributed by atoms with van der Waals surface area (Å²) in [6.45, 7) is 2.24. The van der Waals surface area contributed by atoms with Gasteiger partial charge in [-0.1, -0.05) is 30.3 Å². The number of thioether (sulfide) groups is 1. The summed E-state index contributed by atoms with van der Waals surface area (Å²) in [4.78, 5) is 8.76. The molecule has 0 aliphatic carbocycles. The lowest BCUT2D eigenvalue weighted by molar-refractivity contribution is 0.531. The van der Waals surface area contributed by atoms with Crippen molar-refractivity contribution in [1.29, 1.82) is 0 Å². The van der Waals surface area contributed by atoms with Crippen molar-refractivity contribution in [2.45, 2.75) is 23.1 Å². The van der Waals surface area contributed by atoms with Gasteiger partial charge in [0, 0.05) is 10.8 Å². The van der Waals surface area contributed by atoms with Crippen LogP contribution in [0.1, 0.15) is 12.8 Å². The van der Waals surface area contributed by atoms with Crippen LogP contribution in [0, 0.1) is 0 Å². The first kappa shape index (κ1) is 12.6. The van der Waals surface area contributed by atoms with E-state index in [0.29, 0.717) is 5.25 Å². The second kappa shape index (κ2) is 6.17. The highest BCUT2D eigenvalue weighted by molar-refractivity contribution is 7.99. The first-order valence-electron chi connectivity index (χ1n) is 6.67. The Labute approximate surface area is 117 Å². The molecule has 3 nitrogen and oxygen atoms in total. The maximum absolute atomic E-state index is 4.39. The molecular formula is C15H17N3S. The number of rotatable bonds is 3. The molecule has 0 unspecified atom stereocenters. The molecule has 0 radical (unpaired) electrons. The van der Waals surface area contributed by atoms with Crippen LogP contribution in [0.15, 0.2) is 47.8 Å². The Morgan fingerprint density at radius 2 is 1.84 bits per heavy atom. The van der Waals surface area contributed by atoms with Gasteiger partial charge in [-0.15, -0.1) is 11.8 Å². The lowest BCUT2D eigenvalue weighted by atomic mass is 10.1. The van der Waals surface area contributed by atoms with E-state index < -0.39 is 0 Å². The Balaban J connectivity index is 1.76. The molecule has 98 valence electrons. The number of aromatic nitrogens is 2. The molecule has 0 bridgehead atoms. The highest BCUT2D eigenvalue weighted by atomic mass is 32.2. The van der Waals surface area contributed by atoms with E-state index in [9.17, 15) is 0 Å². The second-order valence-electron chi connectivity index (χ2n) is 4.67. The lowest BCUT2D eigenvalue weighted by Crippen LogP contribution is -2.29. The average Bonchev–Trinajstić information content (AvgIpc) is 2.49. The second-order valence-corrected chi connectivity index (χ2v) is 6.00. The SMILES string of the molecule is c1ccc(-c2cc(SC3CCNCC3)ncn2)cc1. The summed E-state index contributed by atoms with van der Waals surface area (Å²) in [5.41, 5.74) is 2.16. The maximum atomic E-state index is 4.39. The van der Waals surface area contributed by atoms with Crippen molar-refractivity contribution in [1.82, 2.24) is 15.3 Å². The van der Waals surface area contributed by atoms with Crippen molar-refractivity contribution in [3.8, 4) is 11.3 Å². The smallest absolute Gasteiger partial charge is 0.117 e. The number of hydrogen-bond acceptors (Lipinski definition) is 4. The molecule has 1 aromatic carbocycles. The van der Waals surface area contributed by atoms with Crippen molar-refractivity contribution < 1.29 is 0 Å². The molecular weight excluding hydrogens is 254 g/mol. The van der Waals surface area contributed by atoms with E-state index in [1.54, 1.807) is 6.33 Å². The molecule has 1 aliphatic heterocycles. The van der Waals surface area contributed by atoms with Crippen molar-refractivity contribution in [3.05, 3.63) is 42.7 Å². The third kappa shape index (κ3) is 3.33. The van der Waals surface area contributed by atoms with Crippen LogP contribution >= 0.6 is 11.8 Å². The number of nitrogens with one attached hydrogen (secondary N) is 1. The fourth-order valence-electron chi connectivity index (χ4n) is 2.25. The molecule has 2 aromatic rings. The van der Waals surface area contributed by atoms with Crippen LogP contribution in [0.25, 0.3) is 11.3 Å². The van der Waals surface area contributed by atoms with Crippen molar-refractivity contribution in [3.63, 3.8) is 0 Å². The molecule has 0 atom stereocenters. The molecule has 1 saturated heterocycles. The predicted molar refractivity (Wildman–Crippen MR) is 79.2 cm³/mol. The maximum Gasteiger partial charge on any atom is 0.117 e. The third-order valence-electron chi connectivity index (χ3n) is 3.29. The zero-order valence-corrected chi connectivity index (χ0v) is 11.6. The van der Waals surface area contributed by atoms with Gasteiger partial charge in [-0.2, -0.15) is 0 Å². The first-order valence-corrected chi connectivity index (χ1v) is 7.54. The number of piperidine rings is 1. The van der Waals surface area contributed by atoms with E-state index >= 15 is 0 Å². The molecule has 1 fully saturated rings. The third-order valence-corrected chi connectivity index (χ3v) is 4.55. The Kier molecular flexibility index (Phi) is 4.10. The van der Waals surface area contributed by atoms with Gasteiger partial charge in [0.05, 0.1) is 5.69 Å². The molecule has 1 aliphatic rings. The van der Waals surface area contributed by atoms with Crippen molar-refractivity contribution >= 4 is 11.8 Å². The standard InChI is InChI=1S/C15H17N3S/c1-2-4-12(5-3-1)14-10-15(18-11-17-14)19-13-6-8-16-9-7-13/h1-5,10-11,13,16H,6-9H2. The molecule has 4 heteroatoms. The molecule has 2 heterocycles. The summed E-state index contributed by atoms with van der Waals surface area (Å²) >= 11 is 1.88. The van der Waals surface area contributed by atoms with Gasteiger partial charge in [0.25, 0.3) is 0 Å². The minimum atomic E-state index is 0.680. The van der Waals surface area contributed by atoms with Gasteiger partial charge in [-0.25, -0.2) is 9.97 Å². The van der Waals surface area contributed by atoms with Gasteiger partial charge in [-0.3, -0.25) is 0 Å². The number of benzene rings is 1. The topological polar surface area (TPSA) is 37.8 Å². The normalized spacial score (nSPS) is 16.4. The molecule has 1 aromatic heterocycles. The molecule has 3 rings (SSSR count). The Morgan fingerprint density at radius 3 is 2.63 bits per heavy atom. The van der Waals surface area contributed by atoms with Gasteiger partial charge in [0.15, 0.2) is 0 Å². The predicted octanol–water partition coefficient (Wildman–Crippen LogP) is 2.99. The van der Waals surface area contributed by atoms with E-state index in [0.717, 1.165) is 29.4 Å². The van der Waals surface area contributed by atoms with E-state index in [2.05, 4.69) is 33.5 Å². The molecule has 0 saturated carbocycles. The minimum absolute atomic E-state index is 0.680. The van der Waals surface area contributed by atoms with E-state index in [4.69, 9.17) is 0 Å². The highest BCUT2D eigenvalue weighted by Crippen LogP contribution is 2.29. The number of nitrogens with zero attached hydrogens (tertiary/aromatic N) is 2. The quantitative estimate of drug-likeness (QED) is 0.871. The summed E-state index contributed by atoms with van der Waals surface area (Å²) in [6.07, 6.45) is 4.11. The Bertz CT molecular complexity index is 524. The summed E-state index contributed by atoms with van der Waals surface area (Å²) in [6, 6.07) is 12.4. The van der Waals surface area contributed by atoms with Crippen LogP contribution in [0.3, 0.4) is 0 Å². The van der Waals surface area contributed by atoms with E-state index in [1.807, 2.05) is 30.0 Å². The lowest BCUT2D eigenvalue weighted by Gasteiger charge is -2.21. The molecule has 0 amide bonds. The first-order chi connectivity index (χ1) is 9.42. The van der Waals surface area contributed by atoms with Gasteiger partial charge in [0.2, 0.25) is 0 Å². The summed E-state index contributed by atoms with van der Waals surface area (Å²) in [5, 5.41) is 5.16. The van der Waals surface area contributed by atoms with Gasteiger partial charge in [-0.05, 0) is 32.0 Å². The minimum Gasteiger partial charge on any atom is -0.317 e. The van der Waals surface area contributed by atoms with Gasteiger partial charge in [0.1, 0.15) is 11.4 Å². The van der Waals surface area contributed by atoms with Crippen LogP contribution in [0.5, 0.6) is 0 Å². The fraction of sp³-hybridized carbons (Fsp3) is 0.333. The molecule has 1 N–H and O–H groups in total. The Morgan fingerprint density at radius 1 is 1.05 bits per heavy atom. The van der Waals surface area contributed by atoms with Crippen molar-refractivity contribution in [2.75, 3.05) is 13.1 Å². The molecule has 0 spiro atoms. The molecule has 19 heavy (non-hydrogen) atoms. The van der Waals surface area contributed by atoms with Crippen LogP contribution < -0.4 is 5.32 Å². The Hall–Kier alpha value is -1.39. The largest absolute Gasteiger partial charge is 0.317 e. The van der Waals surface area contributed by atoms with E-state index in [-0.39, 0.29) is 0 Å². The van der Waals surface area contributed by atoms with Crippen LogP contribution in [-0.2, 0) is 0 Å². The van der Waals surface area contributed by atoms with Crippen LogP contribution in [0.4, 0.5) is 0 Å². The van der Waals surface area contributed by atoms with Gasteiger partial charge < -0.3 is 5.32 Å². The van der Waals surface area contributed by atoms with Crippen LogP contribution in [0.2, 0.25) is 0 Å². The zero-order chi connectivity index (χ0) is 12.9. The van der Waals surface area contributed by atoms with Gasteiger partial charge >= 0.3 is 0 Å². The zero-order valence-electron chi connectivity index (χ0n) is 10.7. The number of hydrogen-bond donors (Lipinski definition) is 1. The van der Waals surface area contributed by atoms with Crippen LogP contribution in [-0.4, -0.2) is 28.3 Å². The monoisotopic (exact) mass is 271 g/mol.